The molecule has 1 N–H and O–H groups in total. The van der Waals surface area contributed by atoms with E-state index in [1.54, 1.807) is 6.07 Å². The van der Waals surface area contributed by atoms with Gasteiger partial charge in [-0.05, 0) is 43.4 Å². The highest BCUT2D eigenvalue weighted by Crippen LogP contribution is 2.18. The maximum absolute atomic E-state index is 11.9. The highest BCUT2D eigenvalue weighted by atomic mass is 16.5. The van der Waals surface area contributed by atoms with Crippen LogP contribution in [0.25, 0.3) is 0 Å². The van der Waals surface area contributed by atoms with Crippen LogP contribution < -0.4 is 5.56 Å². The molecule has 1 aliphatic carbocycles. The van der Waals surface area contributed by atoms with Crippen LogP contribution in [0.3, 0.4) is 0 Å². The van der Waals surface area contributed by atoms with Crippen molar-refractivity contribution >= 4 is 11.9 Å². The zero-order valence-electron chi connectivity index (χ0n) is 11.8. The number of aromatic nitrogens is 1. The summed E-state index contributed by atoms with van der Waals surface area (Å²) in [5.74, 6) is -1.23. The third kappa shape index (κ3) is 3.81. The molecular weight excluding hydrogens is 274 g/mol. The largest absolute Gasteiger partial charge is 0.466 e. The van der Waals surface area contributed by atoms with E-state index in [1.165, 1.54) is 13.2 Å². The molecule has 6 heteroatoms. The van der Waals surface area contributed by atoms with Crippen LogP contribution in [-0.4, -0.2) is 30.6 Å². The maximum Gasteiger partial charge on any atom is 0.344 e. The molecule has 112 valence electrons. The molecule has 6 nitrogen and oxygen atoms in total. The van der Waals surface area contributed by atoms with E-state index in [-0.39, 0.29) is 12.2 Å². The van der Waals surface area contributed by atoms with E-state index < -0.39 is 17.5 Å². The van der Waals surface area contributed by atoms with Crippen LogP contribution in [0, 0.1) is 0 Å². The number of H-pyrrole nitrogens is 1. The van der Waals surface area contributed by atoms with Gasteiger partial charge in [-0.2, -0.15) is 0 Å². The van der Waals surface area contributed by atoms with Crippen molar-refractivity contribution in [1.82, 2.24) is 4.98 Å². The van der Waals surface area contributed by atoms with Gasteiger partial charge in [0.1, 0.15) is 12.2 Å². The lowest BCUT2D eigenvalue weighted by atomic mass is 9.95. The Kier molecular flexibility index (Phi) is 4.92. The van der Waals surface area contributed by atoms with Crippen molar-refractivity contribution in [2.75, 3.05) is 13.7 Å². The number of hydrogen-bond acceptors (Lipinski definition) is 5. The van der Waals surface area contributed by atoms with E-state index in [2.05, 4.69) is 9.72 Å². The second kappa shape index (κ2) is 6.88. The van der Waals surface area contributed by atoms with Gasteiger partial charge in [0.25, 0.3) is 5.56 Å². The summed E-state index contributed by atoms with van der Waals surface area (Å²) in [6.45, 7) is -0.0928. The fourth-order valence-corrected chi connectivity index (χ4v) is 2.24. The molecule has 0 saturated carbocycles. The van der Waals surface area contributed by atoms with E-state index in [9.17, 15) is 14.4 Å². The molecule has 0 bridgehead atoms. The molecule has 0 aromatic carbocycles. The SMILES string of the molecule is COC(=O)/C=C/COC(=O)c1cc2c([nH]c1=O)CCCC2. The first kappa shape index (κ1) is 15.0. The minimum absolute atomic E-state index is 0.00196. The number of nitrogens with one attached hydrogen (secondary N) is 1. The van der Waals surface area contributed by atoms with Crippen LogP contribution in [0.2, 0.25) is 0 Å². The summed E-state index contributed by atoms with van der Waals surface area (Å²) >= 11 is 0. The number of carbonyl (C=O) groups is 2. The molecule has 0 atom stereocenters. The summed E-state index contributed by atoms with van der Waals surface area (Å²) in [6, 6.07) is 1.61. The topological polar surface area (TPSA) is 85.5 Å². The molecule has 2 rings (SSSR count). The van der Waals surface area contributed by atoms with Gasteiger partial charge in [-0.15, -0.1) is 0 Å². The number of aromatic amines is 1. The molecular formula is C15H17NO5. The summed E-state index contributed by atoms with van der Waals surface area (Å²) in [5, 5.41) is 0. The van der Waals surface area contributed by atoms with Crippen LogP contribution in [-0.2, 0) is 27.1 Å². The Hall–Kier alpha value is -2.37. The standard InChI is InChI=1S/C15H17NO5/c1-20-13(17)7-4-8-21-15(19)11-9-10-5-2-3-6-12(10)16-14(11)18/h4,7,9H,2-3,5-6,8H2,1H3,(H,16,18)/b7-4+. The second-order valence-electron chi connectivity index (χ2n) is 4.75. The lowest BCUT2D eigenvalue weighted by molar-refractivity contribution is -0.134. The molecule has 0 radical (unpaired) electrons. The first-order valence-electron chi connectivity index (χ1n) is 6.78. The molecule has 1 aromatic heterocycles. The average molecular weight is 291 g/mol. The number of ether oxygens (including phenoxy) is 2. The number of pyridine rings is 1. The summed E-state index contributed by atoms with van der Waals surface area (Å²) in [5.41, 5.74) is 1.48. The van der Waals surface area contributed by atoms with Gasteiger partial charge in [0.05, 0.1) is 7.11 Å². The van der Waals surface area contributed by atoms with Crippen molar-refractivity contribution in [2.24, 2.45) is 0 Å². The molecule has 0 amide bonds. The van der Waals surface area contributed by atoms with Gasteiger partial charge in [0.15, 0.2) is 0 Å². The second-order valence-corrected chi connectivity index (χ2v) is 4.75. The predicted octanol–water partition coefficient (Wildman–Crippen LogP) is 1.14. The Morgan fingerprint density at radius 1 is 1.33 bits per heavy atom. The number of carbonyl (C=O) groups excluding carboxylic acids is 2. The lowest BCUT2D eigenvalue weighted by Crippen LogP contribution is -2.23. The molecule has 1 heterocycles. The third-order valence-electron chi connectivity index (χ3n) is 3.32. The number of methoxy groups -OCH3 is 1. The van der Waals surface area contributed by atoms with Crippen LogP contribution >= 0.6 is 0 Å². The summed E-state index contributed by atoms with van der Waals surface area (Å²) < 4.78 is 9.34. The third-order valence-corrected chi connectivity index (χ3v) is 3.32. The minimum atomic E-state index is -0.695. The monoisotopic (exact) mass is 291 g/mol. The quantitative estimate of drug-likeness (QED) is 0.664. The minimum Gasteiger partial charge on any atom is -0.466 e. The zero-order chi connectivity index (χ0) is 15.2. The molecule has 1 aliphatic rings. The van der Waals surface area contributed by atoms with Crippen molar-refractivity contribution in [1.29, 1.82) is 0 Å². The summed E-state index contributed by atoms with van der Waals surface area (Å²) in [6.07, 6.45) is 6.30. The van der Waals surface area contributed by atoms with Crippen LogP contribution in [0.1, 0.15) is 34.5 Å². The maximum atomic E-state index is 11.9. The summed E-state index contributed by atoms with van der Waals surface area (Å²) in [4.78, 5) is 37.3. The van der Waals surface area contributed by atoms with Crippen LogP contribution in [0.15, 0.2) is 23.0 Å². The van der Waals surface area contributed by atoms with Crippen molar-refractivity contribution in [3.8, 4) is 0 Å². The highest BCUT2D eigenvalue weighted by molar-refractivity contribution is 5.89. The van der Waals surface area contributed by atoms with Gasteiger partial charge in [-0.25, -0.2) is 9.59 Å². The van der Waals surface area contributed by atoms with Crippen molar-refractivity contribution in [3.05, 3.63) is 45.4 Å². The van der Waals surface area contributed by atoms with Gasteiger partial charge < -0.3 is 14.5 Å². The van der Waals surface area contributed by atoms with Crippen molar-refractivity contribution in [2.45, 2.75) is 25.7 Å². The first-order chi connectivity index (χ1) is 10.1. The van der Waals surface area contributed by atoms with Crippen LogP contribution in [0.5, 0.6) is 0 Å². The molecule has 1 aromatic rings. The fraction of sp³-hybridized carbons (Fsp3) is 0.400. The molecule has 21 heavy (non-hydrogen) atoms. The molecule has 0 unspecified atom stereocenters. The molecule has 0 fully saturated rings. The smallest absolute Gasteiger partial charge is 0.344 e. The highest BCUT2D eigenvalue weighted by Gasteiger charge is 2.17. The molecule has 0 spiro atoms. The van der Waals surface area contributed by atoms with E-state index in [4.69, 9.17) is 4.74 Å². The van der Waals surface area contributed by atoms with Crippen molar-refractivity contribution < 1.29 is 19.1 Å². The predicted molar refractivity (Wildman–Crippen MR) is 75.1 cm³/mol. The Bertz CT molecular complexity index is 629. The Labute approximate surface area is 121 Å². The average Bonchev–Trinajstić information content (AvgIpc) is 2.50. The van der Waals surface area contributed by atoms with Gasteiger partial charge >= 0.3 is 11.9 Å². The Morgan fingerprint density at radius 3 is 2.86 bits per heavy atom. The number of hydrogen-bond donors (Lipinski definition) is 1. The van der Waals surface area contributed by atoms with Crippen LogP contribution in [0.4, 0.5) is 0 Å². The fourth-order valence-electron chi connectivity index (χ4n) is 2.24. The number of fused-ring (bicyclic) bond motifs is 1. The zero-order valence-corrected chi connectivity index (χ0v) is 11.8. The molecule has 0 aliphatic heterocycles. The van der Waals surface area contributed by atoms with E-state index in [1.807, 2.05) is 0 Å². The molecule has 0 saturated heterocycles. The Morgan fingerprint density at radius 2 is 2.10 bits per heavy atom. The summed E-state index contributed by atoms with van der Waals surface area (Å²) in [7, 11) is 1.26. The first-order valence-corrected chi connectivity index (χ1v) is 6.78. The van der Waals surface area contributed by atoms with Gasteiger partial charge in [0.2, 0.25) is 0 Å². The van der Waals surface area contributed by atoms with Gasteiger partial charge in [-0.3, -0.25) is 4.79 Å². The van der Waals surface area contributed by atoms with E-state index in [0.717, 1.165) is 43.0 Å². The Balaban J connectivity index is 2.04. The number of esters is 2. The number of aryl methyl sites for hydroxylation is 2. The van der Waals surface area contributed by atoms with Gasteiger partial charge in [-0.1, -0.05) is 0 Å². The van der Waals surface area contributed by atoms with E-state index >= 15 is 0 Å². The normalized spacial score (nSPS) is 13.8. The van der Waals surface area contributed by atoms with Crippen molar-refractivity contribution in [3.63, 3.8) is 0 Å². The van der Waals surface area contributed by atoms with Gasteiger partial charge in [0, 0.05) is 11.8 Å². The lowest BCUT2D eigenvalue weighted by Gasteiger charge is -2.15. The number of rotatable bonds is 4. The van der Waals surface area contributed by atoms with E-state index in [0.29, 0.717) is 0 Å².